The van der Waals surface area contributed by atoms with Crippen LogP contribution in [0.4, 0.5) is 0 Å². The summed E-state index contributed by atoms with van der Waals surface area (Å²) in [5.41, 5.74) is 0.933. The lowest BCUT2D eigenvalue weighted by Gasteiger charge is -2.23. The van der Waals surface area contributed by atoms with Crippen molar-refractivity contribution >= 4 is 22.6 Å². The number of carboxylic acid groups (broad SMARTS) is 1. The van der Waals surface area contributed by atoms with Crippen molar-refractivity contribution in [3.05, 3.63) is 48.0 Å². The van der Waals surface area contributed by atoms with E-state index in [1.165, 1.54) is 4.90 Å². The Bertz CT molecular complexity index is 674. The molecule has 0 aliphatic carbocycles. The van der Waals surface area contributed by atoms with Crippen LogP contribution in [-0.2, 0) is 16.0 Å². The van der Waals surface area contributed by atoms with Crippen LogP contribution in [0.25, 0.3) is 10.8 Å². The second kappa shape index (κ2) is 7.07. The quantitative estimate of drug-likeness (QED) is 0.892. The molecule has 0 bridgehead atoms. The van der Waals surface area contributed by atoms with E-state index in [0.29, 0.717) is 6.54 Å². The Morgan fingerprint density at radius 1 is 1.09 bits per heavy atom. The Kier molecular flexibility index (Phi) is 5.15. The van der Waals surface area contributed by atoms with Crippen LogP contribution in [0.3, 0.4) is 0 Å². The monoisotopic (exact) mass is 299 g/mol. The van der Waals surface area contributed by atoms with Crippen molar-refractivity contribution in [1.29, 1.82) is 0 Å². The lowest BCUT2D eigenvalue weighted by molar-refractivity contribution is -0.144. The van der Waals surface area contributed by atoms with Crippen LogP contribution in [0.5, 0.6) is 0 Å². The van der Waals surface area contributed by atoms with Crippen molar-refractivity contribution in [1.82, 2.24) is 4.90 Å². The number of rotatable bonds is 6. The highest BCUT2D eigenvalue weighted by atomic mass is 16.4. The van der Waals surface area contributed by atoms with Gasteiger partial charge in [-0.2, -0.15) is 0 Å². The number of benzene rings is 2. The molecule has 116 valence electrons. The minimum absolute atomic E-state index is 0.146. The third-order valence-corrected chi connectivity index (χ3v) is 3.49. The number of carboxylic acids is 1. The first-order valence-corrected chi connectivity index (χ1v) is 7.43. The molecule has 0 radical (unpaired) electrons. The summed E-state index contributed by atoms with van der Waals surface area (Å²) in [5.74, 6) is -0.893. The van der Waals surface area contributed by atoms with Crippen molar-refractivity contribution in [3.8, 4) is 0 Å². The number of fused-ring (bicyclic) bond motifs is 1. The summed E-state index contributed by atoms with van der Waals surface area (Å²) in [5, 5.41) is 11.1. The Hall–Kier alpha value is -2.36. The van der Waals surface area contributed by atoms with Gasteiger partial charge in [-0.25, -0.2) is 0 Å². The standard InChI is InChI=1S/C18H21NO3/c1-13(2)11-19(12-18(21)22)17(20)10-15-8-5-7-14-6-3-4-9-16(14)15/h3-9,13H,10-12H2,1-2H3,(H,21,22). The molecule has 0 saturated heterocycles. The maximum atomic E-state index is 12.5. The van der Waals surface area contributed by atoms with E-state index >= 15 is 0 Å². The summed E-state index contributed by atoms with van der Waals surface area (Å²) in [6, 6.07) is 13.8. The molecular weight excluding hydrogens is 278 g/mol. The van der Waals surface area contributed by atoms with Crippen molar-refractivity contribution in [2.45, 2.75) is 20.3 Å². The summed E-state index contributed by atoms with van der Waals surface area (Å²) in [6.45, 7) is 4.15. The summed E-state index contributed by atoms with van der Waals surface area (Å²) in [4.78, 5) is 24.9. The van der Waals surface area contributed by atoms with Gasteiger partial charge in [-0.15, -0.1) is 0 Å². The average Bonchev–Trinajstić information content (AvgIpc) is 2.46. The van der Waals surface area contributed by atoms with E-state index < -0.39 is 5.97 Å². The number of carbonyl (C=O) groups is 2. The smallest absolute Gasteiger partial charge is 0.323 e. The second-order valence-corrected chi connectivity index (χ2v) is 5.88. The van der Waals surface area contributed by atoms with Gasteiger partial charge < -0.3 is 10.0 Å². The molecule has 4 nitrogen and oxygen atoms in total. The third kappa shape index (κ3) is 4.07. The molecule has 0 fully saturated rings. The van der Waals surface area contributed by atoms with Crippen LogP contribution >= 0.6 is 0 Å². The molecule has 0 aromatic heterocycles. The summed E-state index contributed by atoms with van der Waals surface area (Å²) >= 11 is 0. The van der Waals surface area contributed by atoms with Crippen molar-refractivity contribution in [3.63, 3.8) is 0 Å². The zero-order valence-electron chi connectivity index (χ0n) is 13.0. The van der Waals surface area contributed by atoms with Crippen molar-refractivity contribution in [2.24, 2.45) is 5.92 Å². The molecule has 0 heterocycles. The first kappa shape index (κ1) is 16.0. The molecule has 1 amide bonds. The molecule has 0 atom stereocenters. The van der Waals surface area contributed by atoms with Gasteiger partial charge in [-0.3, -0.25) is 9.59 Å². The van der Waals surface area contributed by atoms with Gasteiger partial charge in [0.2, 0.25) is 5.91 Å². The van der Waals surface area contributed by atoms with E-state index in [4.69, 9.17) is 5.11 Å². The molecule has 0 spiro atoms. The van der Waals surface area contributed by atoms with Crippen LogP contribution < -0.4 is 0 Å². The van der Waals surface area contributed by atoms with Crippen LogP contribution in [0.15, 0.2) is 42.5 Å². The summed E-state index contributed by atoms with van der Waals surface area (Å²) < 4.78 is 0. The first-order chi connectivity index (χ1) is 10.5. The Labute approximate surface area is 130 Å². The molecule has 1 N–H and O–H groups in total. The van der Waals surface area contributed by atoms with Gasteiger partial charge in [0.05, 0.1) is 6.42 Å². The fourth-order valence-corrected chi connectivity index (χ4v) is 2.58. The molecule has 0 saturated carbocycles. The van der Waals surface area contributed by atoms with E-state index in [0.717, 1.165) is 16.3 Å². The number of amides is 1. The van der Waals surface area contributed by atoms with Crippen molar-refractivity contribution in [2.75, 3.05) is 13.1 Å². The topological polar surface area (TPSA) is 57.6 Å². The highest BCUT2D eigenvalue weighted by molar-refractivity contribution is 5.91. The number of aliphatic carboxylic acids is 1. The fraction of sp³-hybridized carbons (Fsp3) is 0.333. The zero-order valence-corrected chi connectivity index (χ0v) is 13.0. The van der Waals surface area contributed by atoms with Gasteiger partial charge in [-0.05, 0) is 22.3 Å². The normalized spacial score (nSPS) is 10.9. The van der Waals surface area contributed by atoms with E-state index in [1.54, 1.807) is 0 Å². The van der Waals surface area contributed by atoms with Gasteiger partial charge in [0, 0.05) is 6.54 Å². The van der Waals surface area contributed by atoms with Gasteiger partial charge in [0.25, 0.3) is 0 Å². The highest BCUT2D eigenvalue weighted by Gasteiger charge is 2.18. The van der Waals surface area contributed by atoms with Gasteiger partial charge in [0.1, 0.15) is 6.54 Å². The number of hydrogen-bond donors (Lipinski definition) is 1. The molecule has 0 aliphatic heterocycles. The maximum absolute atomic E-state index is 12.5. The molecule has 0 unspecified atom stereocenters. The van der Waals surface area contributed by atoms with E-state index in [1.807, 2.05) is 56.3 Å². The Morgan fingerprint density at radius 3 is 2.45 bits per heavy atom. The SMILES string of the molecule is CC(C)CN(CC(=O)O)C(=O)Cc1cccc2ccccc12. The predicted octanol–water partition coefficient (Wildman–Crippen LogP) is 2.95. The van der Waals surface area contributed by atoms with E-state index in [9.17, 15) is 9.59 Å². The summed E-state index contributed by atoms with van der Waals surface area (Å²) in [7, 11) is 0. The lowest BCUT2D eigenvalue weighted by atomic mass is 10.0. The zero-order chi connectivity index (χ0) is 16.1. The molecule has 2 aromatic carbocycles. The summed E-state index contributed by atoms with van der Waals surface area (Å²) in [6.07, 6.45) is 0.224. The van der Waals surface area contributed by atoms with Crippen molar-refractivity contribution < 1.29 is 14.7 Å². The molecule has 2 aromatic rings. The molecular formula is C18H21NO3. The first-order valence-electron chi connectivity index (χ1n) is 7.43. The van der Waals surface area contributed by atoms with Crippen LogP contribution in [0.1, 0.15) is 19.4 Å². The number of carbonyl (C=O) groups excluding carboxylic acids is 1. The number of hydrogen-bond acceptors (Lipinski definition) is 2. The minimum atomic E-state index is -0.980. The second-order valence-electron chi connectivity index (χ2n) is 5.88. The number of nitrogens with zero attached hydrogens (tertiary/aromatic N) is 1. The fourth-order valence-electron chi connectivity index (χ4n) is 2.58. The third-order valence-electron chi connectivity index (χ3n) is 3.49. The van der Waals surface area contributed by atoms with Gasteiger partial charge in [0.15, 0.2) is 0 Å². The molecule has 0 aliphatic rings. The molecule has 22 heavy (non-hydrogen) atoms. The van der Waals surface area contributed by atoms with Gasteiger partial charge >= 0.3 is 5.97 Å². The highest BCUT2D eigenvalue weighted by Crippen LogP contribution is 2.19. The lowest BCUT2D eigenvalue weighted by Crippen LogP contribution is -2.39. The van der Waals surface area contributed by atoms with Crippen LogP contribution in [0, 0.1) is 5.92 Å². The van der Waals surface area contributed by atoms with Crippen LogP contribution in [-0.4, -0.2) is 35.0 Å². The minimum Gasteiger partial charge on any atom is -0.480 e. The average molecular weight is 299 g/mol. The maximum Gasteiger partial charge on any atom is 0.323 e. The molecule has 4 heteroatoms. The largest absolute Gasteiger partial charge is 0.480 e. The van der Waals surface area contributed by atoms with Gasteiger partial charge in [-0.1, -0.05) is 56.3 Å². The Morgan fingerprint density at radius 2 is 1.77 bits per heavy atom. The molecule has 2 rings (SSSR count). The Balaban J connectivity index is 2.22. The van der Waals surface area contributed by atoms with E-state index in [-0.39, 0.29) is 24.8 Å². The predicted molar refractivity (Wildman–Crippen MR) is 86.7 cm³/mol. The van der Waals surface area contributed by atoms with E-state index in [2.05, 4.69) is 0 Å². The van der Waals surface area contributed by atoms with Crippen LogP contribution in [0.2, 0.25) is 0 Å².